The maximum atomic E-state index is 12.0. The Hall–Kier alpha value is -1.99. The van der Waals surface area contributed by atoms with E-state index in [1.807, 2.05) is 0 Å². The number of carbonyl (C=O) groups is 1. The fourth-order valence-electron chi connectivity index (χ4n) is 2.82. The van der Waals surface area contributed by atoms with Gasteiger partial charge in [-0.3, -0.25) is 0 Å². The molecule has 0 bridgehead atoms. The molecule has 1 aromatic rings. The minimum absolute atomic E-state index is 0.252. The molecule has 1 fully saturated rings. The number of methoxy groups -OCH3 is 2. The lowest BCUT2D eigenvalue weighted by atomic mass is 9.92. The van der Waals surface area contributed by atoms with Gasteiger partial charge in [0.2, 0.25) is 0 Å². The Morgan fingerprint density at radius 2 is 2.08 bits per heavy atom. The molecular formula is C17H26N2O5. The number of benzene rings is 1. The molecule has 24 heavy (non-hydrogen) atoms. The first kappa shape index (κ1) is 18.4. The fourth-order valence-corrected chi connectivity index (χ4v) is 2.82. The van der Waals surface area contributed by atoms with Crippen LogP contribution in [0.3, 0.4) is 0 Å². The number of anilines is 1. The van der Waals surface area contributed by atoms with Crippen LogP contribution in [0.25, 0.3) is 0 Å². The number of hydrogen-bond donors (Lipinski definition) is 3. The third-order valence-electron chi connectivity index (χ3n) is 4.19. The second kappa shape index (κ2) is 9.34. The van der Waals surface area contributed by atoms with Gasteiger partial charge in [-0.2, -0.15) is 0 Å². The lowest BCUT2D eigenvalue weighted by Crippen LogP contribution is -2.34. The number of amides is 2. The highest BCUT2D eigenvalue weighted by Gasteiger charge is 2.22. The van der Waals surface area contributed by atoms with Gasteiger partial charge in [0.25, 0.3) is 0 Å². The maximum Gasteiger partial charge on any atom is 0.319 e. The Kier molecular flexibility index (Phi) is 7.14. The quantitative estimate of drug-likeness (QED) is 0.708. The molecule has 1 atom stereocenters. The molecule has 7 heteroatoms. The molecule has 0 aromatic heterocycles. The summed E-state index contributed by atoms with van der Waals surface area (Å²) >= 11 is 0. The van der Waals surface area contributed by atoms with E-state index in [2.05, 4.69) is 10.6 Å². The van der Waals surface area contributed by atoms with Gasteiger partial charge >= 0.3 is 6.03 Å². The second-order valence-electron chi connectivity index (χ2n) is 5.73. The highest BCUT2D eigenvalue weighted by molar-refractivity contribution is 5.91. The van der Waals surface area contributed by atoms with E-state index in [-0.39, 0.29) is 11.9 Å². The maximum absolute atomic E-state index is 12.0. The predicted octanol–water partition coefficient (Wildman–Crippen LogP) is 2.00. The summed E-state index contributed by atoms with van der Waals surface area (Å²) in [6.45, 7) is 1.80. The van der Waals surface area contributed by atoms with Crippen molar-refractivity contribution in [1.82, 2.24) is 5.32 Å². The molecule has 1 aliphatic rings. The first-order valence-corrected chi connectivity index (χ1v) is 8.17. The minimum atomic E-state index is -0.416. The van der Waals surface area contributed by atoms with Crippen molar-refractivity contribution in [3.05, 3.63) is 18.2 Å². The number of aliphatic hydroxyl groups excluding tert-OH is 1. The van der Waals surface area contributed by atoms with Crippen LogP contribution in [0.15, 0.2) is 18.2 Å². The summed E-state index contributed by atoms with van der Waals surface area (Å²) in [5.41, 5.74) is 0.527. The average Bonchev–Trinajstić information content (AvgIpc) is 2.62. The molecule has 0 saturated carbocycles. The third-order valence-corrected chi connectivity index (χ3v) is 4.19. The second-order valence-corrected chi connectivity index (χ2v) is 5.73. The van der Waals surface area contributed by atoms with E-state index < -0.39 is 6.10 Å². The molecule has 0 aliphatic carbocycles. The van der Waals surface area contributed by atoms with Crippen LogP contribution in [-0.4, -0.2) is 51.2 Å². The van der Waals surface area contributed by atoms with Gasteiger partial charge in [-0.25, -0.2) is 4.79 Å². The molecule has 1 aliphatic heterocycles. The van der Waals surface area contributed by atoms with Crippen LogP contribution < -0.4 is 20.1 Å². The molecule has 0 spiro atoms. The Morgan fingerprint density at radius 3 is 2.75 bits per heavy atom. The van der Waals surface area contributed by atoms with Crippen molar-refractivity contribution in [3.63, 3.8) is 0 Å². The van der Waals surface area contributed by atoms with Crippen LogP contribution >= 0.6 is 0 Å². The van der Waals surface area contributed by atoms with E-state index in [4.69, 9.17) is 14.2 Å². The van der Waals surface area contributed by atoms with Crippen molar-refractivity contribution >= 4 is 11.7 Å². The van der Waals surface area contributed by atoms with Crippen LogP contribution in [0.1, 0.15) is 19.3 Å². The number of urea groups is 1. The van der Waals surface area contributed by atoms with Crippen molar-refractivity contribution in [2.75, 3.05) is 39.3 Å². The zero-order chi connectivity index (χ0) is 17.4. The summed E-state index contributed by atoms with van der Waals surface area (Å²) < 4.78 is 15.8. The molecule has 7 nitrogen and oxygen atoms in total. The van der Waals surface area contributed by atoms with Gasteiger partial charge in [-0.15, -0.1) is 0 Å². The first-order chi connectivity index (χ1) is 11.7. The van der Waals surface area contributed by atoms with E-state index in [1.54, 1.807) is 25.3 Å². The molecule has 2 amide bonds. The van der Waals surface area contributed by atoms with Crippen molar-refractivity contribution < 1.29 is 24.1 Å². The van der Waals surface area contributed by atoms with Crippen molar-refractivity contribution in [2.45, 2.75) is 25.4 Å². The van der Waals surface area contributed by atoms with Gasteiger partial charge in [0.1, 0.15) is 0 Å². The smallest absolute Gasteiger partial charge is 0.319 e. The normalized spacial score (nSPS) is 16.3. The number of ether oxygens (including phenoxy) is 3. The van der Waals surface area contributed by atoms with Gasteiger partial charge in [-0.1, -0.05) is 6.07 Å². The molecule has 134 valence electrons. The Balaban J connectivity index is 1.79. The van der Waals surface area contributed by atoms with Crippen LogP contribution in [0.2, 0.25) is 0 Å². The Morgan fingerprint density at radius 1 is 1.33 bits per heavy atom. The third kappa shape index (κ3) is 5.01. The van der Waals surface area contributed by atoms with Gasteiger partial charge in [0.15, 0.2) is 11.5 Å². The van der Waals surface area contributed by atoms with E-state index in [1.165, 1.54) is 7.11 Å². The standard InChI is InChI=1S/C17H26N2O5/c1-22-15-5-3-4-13(16(15)23-2)19-17(21)18-9-6-14(20)12-7-10-24-11-8-12/h3-5,12,14,20H,6-11H2,1-2H3,(H2,18,19,21). The lowest BCUT2D eigenvalue weighted by molar-refractivity contribution is 0.00549. The highest BCUT2D eigenvalue weighted by Crippen LogP contribution is 2.34. The number of aliphatic hydroxyl groups is 1. The van der Waals surface area contributed by atoms with Crippen LogP contribution in [0, 0.1) is 5.92 Å². The van der Waals surface area contributed by atoms with E-state index in [0.29, 0.717) is 43.4 Å². The lowest BCUT2D eigenvalue weighted by Gasteiger charge is -2.26. The zero-order valence-corrected chi connectivity index (χ0v) is 14.2. The Bertz CT molecular complexity index is 532. The molecule has 0 radical (unpaired) electrons. The molecule has 2 rings (SSSR count). The van der Waals surface area contributed by atoms with Crippen LogP contribution in [-0.2, 0) is 4.74 Å². The highest BCUT2D eigenvalue weighted by atomic mass is 16.5. The van der Waals surface area contributed by atoms with Crippen molar-refractivity contribution in [1.29, 1.82) is 0 Å². The van der Waals surface area contributed by atoms with Gasteiger partial charge in [0.05, 0.1) is 26.0 Å². The number of hydrogen-bond acceptors (Lipinski definition) is 5. The molecule has 1 unspecified atom stereocenters. The average molecular weight is 338 g/mol. The SMILES string of the molecule is COc1cccc(NC(=O)NCCC(O)C2CCOCC2)c1OC. The van der Waals surface area contributed by atoms with Gasteiger partial charge in [-0.05, 0) is 37.3 Å². The summed E-state index contributed by atoms with van der Waals surface area (Å²) in [5, 5.41) is 15.6. The summed E-state index contributed by atoms with van der Waals surface area (Å²) in [6, 6.07) is 4.91. The number of rotatable bonds is 7. The zero-order valence-electron chi connectivity index (χ0n) is 14.2. The van der Waals surface area contributed by atoms with E-state index >= 15 is 0 Å². The fraction of sp³-hybridized carbons (Fsp3) is 0.588. The van der Waals surface area contributed by atoms with E-state index in [9.17, 15) is 9.90 Å². The Labute approximate surface area is 142 Å². The first-order valence-electron chi connectivity index (χ1n) is 8.17. The molecule has 3 N–H and O–H groups in total. The van der Waals surface area contributed by atoms with Crippen LogP contribution in [0.4, 0.5) is 10.5 Å². The summed E-state index contributed by atoms with van der Waals surface area (Å²) in [5.74, 6) is 1.27. The van der Waals surface area contributed by atoms with Crippen molar-refractivity contribution in [2.24, 2.45) is 5.92 Å². The minimum Gasteiger partial charge on any atom is -0.493 e. The summed E-state index contributed by atoms with van der Waals surface area (Å²) in [6.07, 6.45) is 1.84. The van der Waals surface area contributed by atoms with E-state index in [0.717, 1.165) is 12.8 Å². The molecule has 1 heterocycles. The molecule has 1 saturated heterocycles. The van der Waals surface area contributed by atoms with Gasteiger partial charge in [0, 0.05) is 19.8 Å². The van der Waals surface area contributed by atoms with Crippen molar-refractivity contribution in [3.8, 4) is 11.5 Å². The largest absolute Gasteiger partial charge is 0.493 e. The van der Waals surface area contributed by atoms with Crippen LogP contribution in [0.5, 0.6) is 11.5 Å². The monoisotopic (exact) mass is 338 g/mol. The topological polar surface area (TPSA) is 89.1 Å². The van der Waals surface area contributed by atoms with Gasteiger partial charge < -0.3 is 30.0 Å². The molecule has 1 aromatic carbocycles. The summed E-state index contributed by atoms with van der Waals surface area (Å²) in [4.78, 5) is 12.0. The predicted molar refractivity (Wildman–Crippen MR) is 90.7 cm³/mol. The number of nitrogens with one attached hydrogen (secondary N) is 2. The molecular weight excluding hydrogens is 312 g/mol. The number of para-hydroxylation sites is 1. The summed E-state index contributed by atoms with van der Waals surface area (Å²) in [7, 11) is 3.06. The number of carbonyl (C=O) groups excluding carboxylic acids is 1.